The molecule has 4 nitrogen and oxygen atoms in total. The minimum absolute atomic E-state index is 0.205. The second-order valence-corrected chi connectivity index (χ2v) is 4.90. The van der Waals surface area contributed by atoms with Gasteiger partial charge in [-0.2, -0.15) is 0 Å². The second-order valence-electron chi connectivity index (χ2n) is 3.98. The summed E-state index contributed by atoms with van der Waals surface area (Å²) in [6.07, 6.45) is 0. The van der Waals surface area contributed by atoms with E-state index in [0.29, 0.717) is 19.0 Å². The minimum Gasteiger partial charge on any atom is -0.490 e. The number of rotatable bonds is 6. The van der Waals surface area contributed by atoms with E-state index in [1.54, 1.807) is 12.1 Å². The Morgan fingerprint density at radius 1 is 1.00 bits per heavy atom. The molecule has 5 heteroatoms. The number of halogens is 1. The first-order valence-corrected chi connectivity index (χ1v) is 6.79. The van der Waals surface area contributed by atoms with Crippen molar-refractivity contribution < 1.29 is 19.4 Å². The van der Waals surface area contributed by atoms with Gasteiger partial charge in [-0.1, -0.05) is 22.0 Å². The van der Waals surface area contributed by atoms with Crippen LogP contribution >= 0.6 is 15.9 Å². The van der Waals surface area contributed by atoms with Gasteiger partial charge in [-0.3, -0.25) is 0 Å². The van der Waals surface area contributed by atoms with E-state index in [1.165, 1.54) is 12.1 Å². The van der Waals surface area contributed by atoms with Gasteiger partial charge in [0, 0.05) is 4.47 Å². The molecule has 0 aliphatic carbocycles. The molecule has 2 aromatic rings. The van der Waals surface area contributed by atoms with E-state index < -0.39 is 5.97 Å². The van der Waals surface area contributed by atoms with Crippen molar-refractivity contribution in [3.05, 3.63) is 58.6 Å². The van der Waals surface area contributed by atoms with Gasteiger partial charge in [0.25, 0.3) is 0 Å². The van der Waals surface area contributed by atoms with Gasteiger partial charge in [0.05, 0.1) is 5.56 Å². The lowest BCUT2D eigenvalue weighted by molar-refractivity contribution is 0.0696. The first kappa shape index (κ1) is 14.4. The molecule has 104 valence electrons. The molecule has 0 spiro atoms. The van der Waals surface area contributed by atoms with Crippen LogP contribution in [-0.4, -0.2) is 24.3 Å². The van der Waals surface area contributed by atoms with Gasteiger partial charge in [0.1, 0.15) is 24.7 Å². The van der Waals surface area contributed by atoms with Gasteiger partial charge in [-0.15, -0.1) is 0 Å². The second kappa shape index (κ2) is 6.96. The van der Waals surface area contributed by atoms with Crippen LogP contribution < -0.4 is 9.47 Å². The number of hydrogen-bond donors (Lipinski definition) is 1. The lowest BCUT2D eigenvalue weighted by atomic mass is 10.2. The number of benzene rings is 2. The van der Waals surface area contributed by atoms with Crippen molar-refractivity contribution in [3.8, 4) is 11.5 Å². The Labute approximate surface area is 125 Å². The van der Waals surface area contributed by atoms with Crippen molar-refractivity contribution in [2.24, 2.45) is 0 Å². The normalized spacial score (nSPS) is 10.1. The van der Waals surface area contributed by atoms with Crippen LogP contribution in [0.5, 0.6) is 11.5 Å². The summed E-state index contributed by atoms with van der Waals surface area (Å²) >= 11 is 3.35. The topological polar surface area (TPSA) is 55.8 Å². The van der Waals surface area contributed by atoms with E-state index in [-0.39, 0.29) is 5.56 Å². The Morgan fingerprint density at radius 2 is 1.65 bits per heavy atom. The Morgan fingerprint density at radius 3 is 2.30 bits per heavy atom. The van der Waals surface area contributed by atoms with Crippen molar-refractivity contribution in [2.75, 3.05) is 13.2 Å². The number of carboxylic acids is 1. The predicted molar refractivity (Wildman–Crippen MR) is 78.5 cm³/mol. The molecular formula is C15H13BrO4. The molecule has 0 saturated heterocycles. The van der Waals surface area contributed by atoms with E-state index in [4.69, 9.17) is 14.6 Å². The van der Waals surface area contributed by atoms with E-state index in [1.807, 2.05) is 24.3 Å². The lowest BCUT2D eigenvalue weighted by Crippen LogP contribution is -2.09. The largest absolute Gasteiger partial charge is 0.490 e. The van der Waals surface area contributed by atoms with E-state index in [0.717, 1.165) is 10.2 Å². The third-order valence-electron chi connectivity index (χ3n) is 2.52. The summed E-state index contributed by atoms with van der Waals surface area (Å²) in [6.45, 7) is 0.734. The van der Waals surface area contributed by atoms with Gasteiger partial charge in [-0.25, -0.2) is 4.79 Å². The molecule has 0 radical (unpaired) electrons. The fraction of sp³-hybridized carbons (Fsp3) is 0.133. The lowest BCUT2D eigenvalue weighted by Gasteiger charge is -2.08. The molecule has 0 bridgehead atoms. The molecule has 0 fully saturated rings. The zero-order valence-electron chi connectivity index (χ0n) is 10.6. The van der Waals surface area contributed by atoms with Crippen LogP contribution in [0, 0.1) is 0 Å². The quantitative estimate of drug-likeness (QED) is 0.819. The van der Waals surface area contributed by atoms with Gasteiger partial charge in [0.2, 0.25) is 0 Å². The van der Waals surface area contributed by atoms with Gasteiger partial charge >= 0.3 is 5.97 Å². The molecule has 1 N–H and O–H groups in total. The van der Waals surface area contributed by atoms with Gasteiger partial charge in [0.15, 0.2) is 0 Å². The molecule has 20 heavy (non-hydrogen) atoms. The summed E-state index contributed by atoms with van der Waals surface area (Å²) in [5.41, 5.74) is 0.205. The number of aromatic carboxylic acids is 1. The van der Waals surface area contributed by atoms with E-state index >= 15 is 0 Å². The predicted octanol–water partition coefficient (Wildman–Crippen LogP) is 3.61. The third-order valence-corrected chi connectivity index (χ3v) is 3.04. The molecule has 0 aliphatic heterocycles. The molecule has 0 atom stereocenters. The molecule has 2 aromatic carbocycles. The van der Waals surface area contributed by atoms with Gasteiger partial charge in [-0.05, 0) is 42.5 Å². The molecule has 0 aliphatic rings. The highest BCUT2D eigenvalue weighted by atomic mass is 79.9. The third kappa shape index (κ3) is 4.28. The summed E-state index contributed by atoms with van der Waals surface area (Å²) in [6, 6.07) is 13.9. The Balaban J connectivity index is 1.79. The fourth-order valence-electron chi connectivity index (χ4n) is 1.57. The molecular weight excluding hydrogens is 324 g/mol. The molecule has 0 heterocycles. The van der Waals surface area contributed by atoms with Crippen molar-refractivity contribution in [1.82, 2.24) is 0 Å². The maximum absolute atomic E-state index is 10.8. The highest BCUT2D eigenvalue weighted by Gasteiger charge is 2.03. The highest BCUT2D eigenvalue weighted by Crippen LogP contribution is 2.16. The smallest absolute Gasteiger partial charge is 0.335 e. The highest BCUT2D eigenvalue weighted by molar-refractivity contribution is 9.10. The molecule has 2 rings (SSSR count). The average molecular weight is 337 g/mol. The first-order chi connectivity index (χ1) is 9.65. The van der Waals surface area contributed by atoms with Crippen molar-refractivity contribution in [3.63, 3.8) is 0 Å². The standard InChI is InChI=1S/C15H13BrO4/c16-12-4-6-13(7-5-12)19-8-9-20-14-3-1-2-11(10-14)15(17)18/h1-7,10H,8-9H2,(H,17,18). The van der Waals surface area contributed by atoms with Crippen molar-refractivity contribution >= 4 is 21.9 Å². The summed E-state index contributed by atoms with van der Waals surface area (Å²) in [5.74, 6) is 0.307. The number of hydrogen-bond acceptors (Lipinski definition) is 3. The fourth-order valence-corrected chi connectivity index (χ4v) is 1.83. The van der Waals surface area contributed by atoms with E-state index in [9.17, 15) is 4.79 Å². The van der Waals surface area contributed by atoms with Crippen LogP contribution in [-0.2, 0) is 0 Å². The van der Waals surface area contributed by atoms with Crippen molar-refractivity contribution in [1.29, 1.82) is 0 Å². The Bertz CT molecular complexity index is 581. The van der Waals surface area contributed by atoms with Crippen LogP contribution in [0.2, 0.25) is 0 Å². The van der Waals surface area contributed by atoms with Crippen molar-refractivity contribution in [2.45, 2.75) is 0 Å². The van der Waals surface area contributed by atoms with Crippen LogP contribution in [0.25, 0.3) is 0 Å². The zero-order valence-corrected chi connectivity index (χ0v) is 12.2. The summed E-state index contributed by atoms with van der Waals surface area (Å²) in [5, 5.41) is 8.87. The number of ether oxygens (including phenoxy) is 2. The molecule has 0 unspecified atom stereocenters. The van der Waals surface area contributed by atoms with Crippen LogP contribution in [0.3, 0.4) is 0 Å². The van der Waals surface area contributed by atoms with E-state index in [2.05, 4.69) is 15.9 Å². The monoisotopic (exact) mass is 336 g/mol. The molecule has 0 amide bonds. The SMILES string of the molecule is O=C(O)c1cccc(OCCOc2ccc(Br)cc2)c1. The van der Waals surface area contributed by atoms with Crippen LogP contribution in [0.15, 0.2) is 53.0 Å². The summed E-state index contributed by atoms with van der Waals surface area (Å²) in [7, 11) is 0. The average Bonchev–Trinajstić information content (AvgIpc) is 2.46. The number of carboxylic acid groups (broad SMARTS) is 1. The zero-order chi connectivity index (χ0) is 14.4. The number of carbonyl (C=O) groups is 1. The molecule has 0 aromatic heterocycles. The first-order valence-electron chi connectivity index (χ1n) is 6.00. The summed E-state index contributed by atoms with van der Waals surface area (Å²) < 4.78 is 11.9. The molecule has 0 saturated carbocycles. The Hall–Kier alpha value is -2.01. The van der Waals surface area contributed by atoms with Crippen LogP contribution in [0.4, 0.5) is 0 Å². The maximum Gasteiger partial charge on any atom is 0.335 e. The summed E-state index contributed by atoms with van der Waals surface area (Å²) in [4.78, 5) is 10.8. The van der Waals surface area contributed by atoms with Gasteiger partial charge < -0.3 is 14.6 Å². The Kier molecular flexibility index (Phi) is 5.01. The maximum atomic E-state index is 10.8. The minimum atomic E-state index is -0.971. The van der Waals surface area contributed by atoms with Crippen LogP contribution in [0.1, 0.15) is 10.4 Å².